The zero-order valence-electron chi connectivity index (χ0n) is 10.7. The Labute approximate surface area is 101 Å². The van der Waals surface area contributed by atoms with Crippen molar-refractivity contribution in [3.8, 4) is 0 Å². The Bertz CT molecular complexity index is 72.1. The lowest BCUT2D eigenvalue weighted by molar-refractivity contribution is 0.633. The molecule has 1 heterocycles. The molecule has 2 nitrogen and oxygen atoms in total. The molecular weight excluding hydrogens is 208 g/mol. The van der Waals surface area contributed by atoms with Crippen molar-refractivity contribution < 1.29 is 0 Å². The van der Waals surface area contributed by atoms with E-state index in [0.717, 1.165) is 6.54 Å². The Morgan fingerprint density at radius 1 is 1.07 bits per heavy atom. The average Bonchev–Trinajstić information content (AvgIpc) is 2.86. The van der Waals surface area contributed by atoms with Crippen LogP contribution in [0.5, 0.6) is 0 Å². The smallest absolute Gasteiger partial charge is 0.0108 e. The normalized spacial score (nSPS) is 13.6. The number of halogens is 1. The van der Waals surface area contributed by atoms with Crippen LogP contribution in [-0.4, -0.2) is 32.6 Å². The molecule has 1 aliphatic heterocycles. The van der Waals surface area contributed by atoms with Gasteiger partial charge in [-0.25, -0.2) is 0 Å². The van der Waals surface area contributed by atoms with Gasteiger partial charge in [0.05, 0.1) is 0 Å². The molecule has 15 heavy (non-hydrogen) atoms. The highest BCUT2D eigenvalue weighted by Gasteiger charge is 1.93. The predicted octanol–water partition coefficient (Wildman–Crippen LogP) is 3.01. The van der Waals surface area contributed by atoms with Crippen LogP contribution in [-0.2, 0) is 0 Å². The second kappa shape index (κ2) is 19.7. The van der Waals surface area contributed by atoms with Gasteiger partial charge in [0.1, 0.15) is 0 Å². The summed E-state index contributed by atoms with van der Waals surface area (Å²) in [5.41, 5.74) is 0. The van der Waals surface area contributed by atoms with Crippen molar-refractivity contribution in [2.75, 3.05) is 32.6 Å². The maximum Gasteiger partial charge on any atom is 0.0108 e. The third kappa shape index (κ3) is 20.3. The molecule has 0 saturated carbocycles. The maximum absolute atomic E-state index is 4.64. The molecule has 0 aromatic heterocycles. The van der Waals surface area contributed by atoms with Gasteiger partial charge in [0.15, 0.2) is 0 Å². The summed E-state index contributed by atoms with van der Waals surface area (Å²) in [5.74, 6) is 0. The Kier molecular flexibility index (Phi) is 23.2. The number of unbranched alkanes of at least 4 members (excludes halogenated alkanes) is 2. The molecule has 1 saturated heterocycles. The van der Waals surface area contributed by atoms with Crippen LogP contribution in [0, 0.1) is 0 Å². The largest absolute Gasteiger partial charge is 0.317 e. The van der Waals surface area contributed by atoms with E-state index in [0.29, 0.717) is 0 Å². The number of alkyl halides is 1. The topological polar surface area (TPSA) is 24.1 Å². The molecule has 0 unspecified atom stereocenters. The summed E-state index contributed by atoms with van der Waals surface area (Å²) < 4.78 is 0. The van der Waals surface area contributed by atoms with Gasteiger partial charge in [-0.1, -0.05) is 26.7 Å². The zero-order valence-corrected chi connectivity index (χ0v) is 11.5. The summed E-state index contributed by atoms with van der Waals surface area (Å²) in [6, 6.07) is 0. The van der Waals surface area contributed by atoms with Crippen molar-refractivity contribution in [1.82, 2.24) is 10.6 Å². The van der Waals surface area contributed by atoms with Crippen molar-refractivity contribution in [3.63, 3.8) is 0 Å². The minimum absolute atomic E-state index is 1.11. The second-order valence-corrected chi connectivity index (χ2v) is 3.52. The Morgan fingerprint density at radius 2 is 1.67 bits per heavy atom. The van der Waals surface area contributed by atoms with Crippen LogP contribution in [0.25, 0.3) is 0 Å². The molecule has 2 N–H and O–H groups in total. The first-order valence-corrected chi connectivity index (χ1v) is 6.96. The fourth-order valence-corrected chi connectivity index (χ4v) is 1.30. The minimum Gasteiger partial charge on any atom is -0.317 e. The van der Waals surface area contributed by atoms with E-state index in [-0.39, 0.29) is 0 Å². The first-order chi connectivity index (χ1) is 7.41. The molecule has 1 rings (SSSR count). The van der Waals surface area contributed by atoms with E-state index in [9.17, 15) is 0 Å². The summed E-state index contributed by atoms with van der Waals surface area (Å²) in [7, 11) is 0. The van der Waals surface area contributed by atoms with E-state index >= 15 is 0 Å². The van der Waals surface area contributed by atoms with Crippen LogP contribution in [0.3, 0.4) is 0 Å². The summed E-state index contributed by atoms with van der Waals surface area (Å²) in [6.45, 7) is 9.19. The molecule has 0 aromatic rings. The van der Waals surface area contributed by atoms with E-state index < -0.39 is 0 Å². The van der Waals surface area contributed by atoms with Gasteiger partial charge in [0.25, 0.3) is 0 Å². The predicted molar refractivity (Wildman–Crippen MR) is 71.9 cm³/mol. The van der Waals surface area contributed by atoms with Crippen LogP contribution < -0.4 is 10.6 Å². The van der Waals surface area contributed by atoms with Crippen LogP contribution in [0.1, 0.15) is 46.0 Å². The lowest BCUT2D eigenvalue weighted by atomic mass is 10.2. The van der Waals surface area contributed by atoms with Gasteiger partial charge in [-0.2, -0.15) is 0 Å². The van der Waals surface area contributed by atoms with Gasteiger partial charge in [-0.15, -0.1) is 11.6 Å². The third-order valence-electron chi connectivity index (χ3n) is 2.16. The van der Waals surface area contributed by atoms with Crippen LogP contribution in [0.15, 0.2) is 0 Å². The molecule has 0 bridgehead atoms. The third-order valence-corrected chi connectivity index (χ3v) is 2.16. The standard InChI is InChI=1S/C7H17N.C4H9N.CH3Cl/c1-3-5-6-7-8-4-2;1-2-4-5-3-1;1-2/h8H,3-7H2,1-2H3;5H,1-4H2;1H3. The molecule has 0 radical (unpaired) electrons. The molecule has 1 fully saturated rings. The molecule has 0 amide bonds. The zero-order chi connectivity index (χ0) is 11.8. The second-order valence-electron chi connectivity index (χ2n) is 3.52. The molecule has 0 aliphatic carbocycles. The molecule has 3 heteroatoms. The van der Waals surface area contributed by atoms with Gasteiger partial charge in [0, 0.05) is 6.38 Å². The number of nitrogens with one attached hydrogen (secondary N) is 2. The quantitative estimate of drug-likeness (QED) is 0.567. The Hall–Kier alpha value is 0.210. The van der Waals surface area contributed by atoms with Crippen molar-refractivity contribution in [1.29, 1.82) is 0 Å². The fraction of sp³-hybridized carbons (Fsp3) is 1.00. The van der Waals surface area contributed by atoms with Gasteiger partial charge in [-0.3, -0.25) is 0 Å². The van der Waals surface area contributed by atoms with Gasteiger partial charge < -0.3 is 10.6 Å². The maximum atomic E-state index is 4.64. The van der Waals surface area contributed by atoms with E-state index in [1.807, 2.05) is 0 Å². The highest BCUT2D eigenvalue weighted by molar-refractivity contribution is 6.15. The van der Waals surface area contributed by atoms with E-state index in [1.165, 1.54) is 58.1 Å². The monoisotopic (exact) mass is 236 g/mol. The van der Waals surface area contributed by atoms with Crippen LogP contribution in [0.4, 0.5) is 0 Å². The fourth-order valence-electron chi connectivity index (χ4n) is 1.30. The summed E-state index contributed by atoms with van der Waals surface area (Å²) in [6.07, 6.45) is 8.28. The first-order valence-electron chi connectivity index (χ1n) is 6.21. The van der Waals surface area contributed by atoms with Crippen LogP contribution >= 0.6 is 11.6 Å². The lowest BCUT2D eigenvalue weighted by Crippen LogP contribution is -2.13. The van der Waals surface area contributed by atoms with Crippen molar-refractivity contribution in [2.24, 2.45) is 0 Å². The first kappa shape index (κ1) is 17.6. The van der Waals surface area contributed by atoms with Gasteiger partial charge in [-0.05, 0) is 45.4 Å². The Morgan fingerprint density at radius 3 is 2.00 bits per heavy atom. The molecular formula is C12H29ClN2. The van der Waals surface area contributed by atoms with Crippen molar-refractivity contribution in [2.45, 2.75) is 46.0 Å². The minimum atomic E-state index is 1.11. The van der Waals surface area contributed by atoms with Crippen molar-refractivity contribution >= 4 is 11.6 Å². The average molecular weight is 237 g/mol. The summed E-state index contributed by atoms with van der Waals surface area (Å²) >= 11 is 4.64. The molecule has 0 spiro atoms. The lowest BCUT2D eigenvalue weighted by Gasteiger charge is -1.97. The van der Waals surface area contributed by atoms with Gasteiger partial charge >= 0.3 is 0 Å². The summed E-state index contributed by atoms with van der Waals surface area (Å²) in [5, 5.41) is 6.51. The van der Waals surface area contributed by atoms with E-state index in [1.54, 1.807) is 0 Å². The highest BCUT2D eigenvalue weighted by atomic mass is 35.5. The molecule has 1 aliphatic rings. The molecule has 0 atom stereocenters. The van der Waals surface area contributed by atoms with Crippen LogP contribution in [0.2, 0.25) is 0 Å². The SMILES string of the molecule is C1CCNC1.CCCCCNCC.CCl. The van der Waals surface area contributed by atoms with E-state index in [2.05, 4.69) is 36.1 Å². The highest BCUT2D eigenvalue weighted by Crippen LogP contribution is 1.90. The van der Waals surface area contributed by atoms with E-state index in [4.69, 9.17) is 0 Å². The van der Waals surface area contributed by atoms with Crippen molar-refractivity contribution in [3.05, 3.63) is 0 Å². The molecule has 94 valence electrons. The number of rotatable bonds is 5. The number of hydrogen-bond acceptors (Lipinski definition) is 2. The Balaban J connectivity index is 0. The van der Waals surface area contributed by atoms with Gasteiger partial charge in [0.2, 0.25) is 0 Å². The summed E-state index contributed by atoms with van der Waals surface area (Å²) in [4.78, 5) is 0. The molecule has 0 aromatic carbocycles. The number of hydrogen-bond donors (Lipinski definition) is 2.